The molecule has 0 heterocycles. The summed E-state index contributed by atoms with van der Waals surface area (Å²) < 4.78 is 9.81. The third kappa shape index (κ3) is 2.98. The van der Waals surface area contributed by atoms with Crippen molar-refractivity contribution in [2.75, 3.05) is 14.2 Å². The highest BCUT2D eigenvalue weighted by Crippen LogP contribution is 2.19. The molecule has 0 aromatic heterocycles. The summed E-state index contributed by atoms with van der Waals surface area (Å²) >= 11 is 0. The highest BCUT2D eigenvalue weighted by molar-refractivity contribution is 5.76. The predicted molar refractivity (Wildman–Crippen MR) is 58.1 cm³/mol. The van der Waals surface area contributed by atoms with E-state index in [-0.39, 0.29) is 11.9 Å². The van der Waals surface area contributed by atoms with E-state index < -0.39 is 0 Å². The summed E-state index contributed by atoms with van der Waals surface area (Å²) in [6, 6.07) is 0. The van der Waals surface area contributed by atoms with Gasteiger partial charge in [-0.15, -0.1) is 0 Å². The Morgan fingerprint density at radius 2 is 2.07 bits per heavy atom. The van der Waals surface area contributed by atoms with Crippen LogP contribution in [0.2, 0.25) is 0 Å². The maximum atomic E-state index is 11.3. The highest BCUT2D eigenvalue weighted by Gasteiger charge is 2.16. The smallest absolute Gasteiger partial charge is 0.312 e. The molecule has 0 fully saturated rings. The molecule has 0 saturated carbocycles. The number of ether oxygens (including phenoxy) is 2. The second-order valence-electron chi connectivity index (χ2n) is 3.33. The van der Waals surface area contributed by atoms with Crippen molar-refractivity contribution in [2.45, 2.75) is 13.3 Å². The molecule has 15 heavy (non-hydrogen) atoms. The van der Waals surface area contributed by atoms with Crippen LogP contribution in [0.25, 0.3) is 0 Å². The van der Waals surface area contributed by atoms with Gasteiger partial charge in [-0.2, -0.15) is 0 Å². The fourth-order valence-electron chi connectivity index (χ4n) is 1.41. The minimum atomic E-state index is -0.226. The number of rotatable bonds is 3. The minimum Gasteiger partial charge on any atom is -0.497 e. The van der Waals surface area contributed by atoms with Gasteiger partial charge < -0.3 is 9.47 Å². The van der Waals surface area contributed by atoms with E-state index in [4.69, 9.17) is 9.47 Å². The molecule has 1 unspecified atom stereocenters. The third-order valence-corrected chi connectivity index (χ3v) is 2.40. The molecular weight excluding hydrogens is 192 g/mol. The lowest BCUT2D eigenvalue weighted by atomic mass is 10.0. The first-order valence-corrected chi connectivity index (χ1v) is 4.89. The van der Waals surface area contributed by atoms with Crippen LogP contribution in [0.4, 0.5) is 0 Å². The zero-order valence-electron chi connectivity index (χ0n) is 9.32. The lowest BCUT2D eigenvalue weighted by molar-refractivity contribution is -0.143. The maximum Gasteiger partial charge on any atom is 0.312 e. The van der Waals surface area contributed by atoms with Crippen molar-refractivity contribution in [3.05, 3.63) is 35.6 Å². The van der Waals surface area contributed by atoms with E-state index in [0.717, 1.165) is 17.8 Å². The van der Waals surface area contributed by atoms with Crippen LogP contribution >= 0.6 is 0 Å². The first-order chi connectivity index (χ1) is 7.19. The Kier molecular flexibility index (Phi) is 4.16. The second kappa shape index (κ2) is 5.39. The van der Waals surface area contributed by atoms with Gasteiger partial charge in [-0.25, -0.2) is 0 Å². The van der Waals surface area contributed by atoms with Crippen LogP contribution in [0, 0.1) is 5.92 Å². The fraction of sp³-hybridized carbons (Fsp3) is 0.417. The molecule has 1 rings (SSSR count). The van der Waals surface area contributed by atoms with E-state index in [1.807, 2.05) is 31.2 Å². The monoisotopic (exact) mass is 208 g/mol. The number of hydrogen-bond donors (Lipinski definition) is 0. The summed E-state index contributed by atoms with van der Waals surface area (Å²) in [5.74, 6) is 0.376. The number of carbonyl (C=O) groups excluding carboxylic acids is 1. The SMILES string of the molecule is COC(=O)C(C)C1=CCC=C(OC)C=C1. The second-order valence-corrected chi connectivity index (χ2v) is 3.33. The number of hydrogen-bond acceptors (Lipinski definition) is 3. The van der Waals surface area contributed by atoms with Gasteiger partial charge in [-0.05, 0) is 31.1 Å². The third-order valence-electron chi connectivity index (χ3n) is 2.40. The summed E-state index contributed by atoms with van der Waals surface area (Å²) in [7, 11) is 3.03. The van der Waals surface area contributed by atoms with Gasteiger partial charge in [-0.1, -0.05) is 12.2 Å². The molecule has 0 amide bonds. The molecule has 0 bridgehead atoms. The van der Waals surface area contributed by atoms with Gasteiger partial charge in [0.2, 0.25) is 0 Å². The summed E-state index contributed by atoms with van der Waals surface area (Å²) in [5, 5.41) is 0. The zero-order chi connectivity index (χ0) is 11.3. The molecule has 3 nitrogen and oxygen atoms in total. The predicted octanol–water partition coefficient (Wildman–Crippen LogP) is 2.21. The first-order valence-electron chi connectivity index (χ1n) is 4.89. The van der Waals surface area contributed by atoms with Crippen molar-refractivity contribution in [1.29, 1.82) is 0 Å². The van der Waals surface area contributed by atoms with Crippen LogP contribution in [-0.4, -0.2) is 20.2 Å². The minimum absolute atomic E-state index is 0.216. The average Bonchev–Trinajstić information content (AvgIpc) is 2.51. The topological polar surface area (TPSA) is 35.5 Å². The lowest BCUT2D eigenvalue weighted by Crippen LogP contribution is -2.14. The Morgan fingerprint density at radius 1 is 1.33 bits per heavy atom. The largest absolute Gasteiger partial charge is 0.497 e. The van der Waals surface area contributed by atoms with Gasteiger partial charge in [0, 0.05) is 0 Å². The molecule has 1 atom stereocenters. The Labute approximate surface area is 90.1 Å². The standard InChI is InChI=1S/C12H16O3/c1-9(12(13)15-3)10-5-4-6-11(14-2)8-7-10/h5-9H,4H2,1-3H3. The van der Waals surface area contributed by atoms with Crippen LogP contribution in [-0.2, 0) is 14.3 Å². The lowest BCUT2D eigenvalue weighted by Gasteiger charge is -2.09. The molecule has 0 radical (unpaired) electrons. The quantitative estimate of drug-likeness (QED) is 0.667. The molecule has 3 heteroatoms. The molecule has 0 aromatic carbocycles. The average molecular weight is 208 g/mol. The van der Waals surface area contributed by atoms with Crippen molar-refractivity contribution in [2.24, 2.45) is 5.92 Å². The van der Waals surface area contributed by atoms with Crippen LogP contribution < -0.4 is 0 Å². The van der Waals surface area contributed by atoms with E-state index in [1.54, 1.807) is 7.11 Å². The van der Waals surface area contributed by atoms with Crippen LogP contribution in [0.5, 0.6) is 0 Å². The number of methoxy groups -OCH3 is 2. The van der Waals surface area contributed by atoms with Gasteiger partial charge in [0.05, 0.1) is 20.1 Å². The Bertz CT molecular complexity index is 324. The fourth-order valence-corrected chi connectivity index (χ4v) is 1.41. The van der Waals surface area contributed by atoms with Gasteiger partial charge in [0.15, 0.2) is 0 Å². The van der Waals surface area contributed by atoms with Gasteiger partial charge in [-0.3, -0.25) is 4.79 Å². The number of allylic oxidation sites excluding steroid dienone is 4. The van der Waals surface area contributed by atoms with Crippen LogP contribution in [0.1, 0.15) is 13.3 Å². The van der Waals surface area contributed by atoms with Crippen LogP contribution in [0.3, 0.4) is 0 Å². The normalized spacial score (nSPS) is 17.3. The van der Waals surface area contributed by atoms with Crippen LogP contribution in [0.15, 0.2) is 35.6 Å². The molecule has 0 saturated heterocycles. The van der Waals surface area contributed by atoms with Gasteiger partial charge in [0.1, 0.15) is 5.76 Å². The summed E-state index contributed by atoms with van der Waals surface area (Å²) in [6.07, 6.45) is 8.49. The Balaban J connectivity index is 2.74. The highest BCUT2D eigenvalue weighted by atomic mass is 16.5. The molecule has 0 N–H and O–H groups in total. The molecule has 0 aliphatic heterocycles. The summed E-state index contributed by atoms with van der Waals surface area (Å²) in [5.41, 5.74) is 0.963. The summed E-state index contributed by atoms with van der Waals surface area (Å²) in [4.78, 5) is 11.3. The molecule has 0 aromatic rings. The van der Waals surface area contributed by atoms with E-state index in [1.165, 1.54) is 7.11 Å². The van der Waals surface area contributed by atoms with E-state index in [2.05, 4.69) is 0 Å². The maximum absolute atomic E-state index is 11.3. The van der Waals surface area contributed by atoms with Crippen molar-refractivity contribution < 1.29 is 14.3 Å². The molecule has 1 aliphatic rings. The van der Waals surface area contributed by atoms with Crippen molar-refractivity contribution in [1.82, 2.24) is 0 Å². The zero-order valence-corrected chi connectivity index (χ0v) is 9.32. The molecule has 82 valence electrons. The van der Waals surface area contributed by atoms with E-state index >= 15 is 0 Å². The van der Waals surface area contributed by atoms with Gasteiger partial charge in [0.25, 0.3) is 0 Å². The van der Waals surface area contributed by atoms with Crippen molar-refractivity contribution in [3.63, 3.8) is 0 Å². The molecule has 0 spiro atoms. The Hall–Kier alpha value is -1.51. The van der Waals surface area contributed by atoms with E-state index in [0.29, 0.717) is 0 Å². The number of carbonyl (C=O) groups is 1. The van der Waals surface area contributed by atoms with Crippen molar-refractivity contribution in [3.8, 4) is 0 Å². The Morgan fingerprint density at radius 3 is 2.67 bits per heavy atom. The van der Waals surface area contributed by atoms with Gasteiger partial charge >= 0.3 is 5.97 Å². The molecular formula is C12H16O3. The summed E-state index contributed by atoms with van der Waals surface area (Å²) in [6.45, 7) is 1.83. The first kappa shape index (κ1) is 11.6. The van der Waals surface area contributed by atoms with E-state index in [9.17, 15) is 4.79 Å². The van der Waals surface area contributed by atoms with Crippen molar-refractivity contribution >= 4 is 5.97 Å². The number of esters is 1. The molecule has 1 aliphatic carbocycles.